The minimum atomic E-state index is -1.15. The third-order valence-corrected chi connectivity index (χ3v) is 5.98. The highest BCUT2D eigenvalue weighted by Gasteiger charge is 2.25. The lowest BCUT2D eigenvalue weighted by Crippen LogP contribution is -2.37. The van der Waals surface area contributed by atoms with Crippen molar-refractivity contribution in [3.05, 3.63) is 41.3 Å². The van der Waals surface area contributed by atoms with Gasteiger partial charge in [-0.05, 0) is 6.07 Å². The molecule has 0 saturated carbocycles. The molecule has 2 amide bonds. The molecule has 13 nitrogen and oxygen atoms in total. The standard InChI is InChI=1S/C21H20ClN9O4/c1-28-6-7-31-12(19(28)32)9-14(27-31)25-20-26-18-17(30(20)3)16(22)13(10-24-18)35-11-4-5-23-15(8-11)29(2)21(33)34/h4-5,8-10H,6-7H2,1-3H3,(H,33,34)(H,24,25,26,27). The second-order valence-electron chi connectivity index (χ2n) is 7.89. The monoisotopic (exact) mass is 497 g/mol. The SMILES string of the molecule is CN1CCn2nc(Nc3nc4ncc(Oc5ccnc(N(C)C(=O)O)c5)c(Cl)c4n3C)cc2C1=O. The molecule has 1 aliphatic rings. The van der Waals surface area contributed by atoms with Gasteiger partial charge in [0.1, 0.15) is 27.8 Å². The van der Waals surface area contributed by atoms with Gasteiger partial charge in [0.15, 0.2) is 17.2 Å². The first kappa shape index (κ1) is 22.4. The minimum Gasteiger partial charge on any atom is -0.465 e. The second-order valence-corrected chi connectivity index (χ2v) is 8.26. The van der Waals surface area contributed by atoms with Crippen molar-refractivity contribution in [1.29, 1.82) is 0 Å². The van der Waals surface area contributed by atoms with E-state index in [1.165, 1.54) is 25.5 Å². The third kappa shape index (κ3) is 3.95. The maximum absolute atomic E-state index is 12.4. The largest absolute Gasteiger partial charge is 0.465 e. The number of hydrogen-bond acceptors (Lipinski definition) is 8. The fraction of sp³-hybridized carbons (Fsp3) is 0.238. The van der Waals surface area contributed by atoms with Gasteiger partial charge in [-0.3, -0.25) is 14.4 Å². The van der Waals surface area contributed by atoms with Crippen LogP contribution in [0.2, 0.25) is 5.02 Å². The molecule has 14 heteroatoms. The Morgan fingerprint density at radius 2 is 2.06 bits per heavy atom. The summed E-state index contributed by atoms with van der Waals surface area (Å²) in [4.78, 5) is 39.0. The van der Waals surface area contributed by atoms with Gasteiger partial charge in [0.05, 0.1) is 12.7 Å². The molecular weight excluding hydrogens is 478 g/mol. The molecule has 0 aromatic carbocycles. The third-order valence-electron chi connectivity index (χ3n) is 5.61. The quantitative estimate of drug-likeness (QED) is 0.425. The Hall–Kier alpha value is -4.39. The van der Waals surface area contributed by atoms with Crippen LogP contribution in [0, 0.1) is 0 Å². The summed E-state index contributed by atoms with van der Waals surface area (Å²) in [6.07, 6.45) is 1.72. The van der Waals surface area contributed by atoms with E-state index >= 15 is 0 Å². The summed E-state index contributed by atoms with van der Waals surface area (Å²) in [7, 11) is 4.89. The first-order valence-corrected chi connectivity index (χ1v) is 10.8. The lowest BCUT2D eigenvalue weighted by Gasteiger charge is -2.22. The van der Waals surface area contributed by atoms with Crippen molar-refractivity contribution in [2.75, 3.05) is 30.9 Å². The van der Waals surface area contributed by atoms with Crippen LogP contribution in [0.4, 0.5) is 22.4 Å². The predicted octanol–water partition coefficient (Wildman–Crippen LogP) is 2.95. The molecular formula is C21H20ClN9O4. The van der Waals surface area contributed by atoms with Crippen LogP contribution >= 0.6 is 11.6 Å². The number of amides is 2. The summed E-state index contributed by atoms with van der Waals surface area (Å²) in [6.45, 7) is 1.20. The summed E-state index contributed by atoms with van der Waals surface area (Å²) >= 11 is 6.64. The number of rotatable bonds is 5. The van der Waals surface area contributed by atoms with Gasteiger partial charge in [-0.15, -0.1) is 0 Å². The topological polar surface area (TPSA) is 144 Å². The Morgan fingerprint density at radius 1 is 1.26 bits per heavy atom. The number of anilines is 3. The molecule has 4 aromatic heterocycles. The number of aromatic nitrogens is 6. The van der Waals surface area contributed by atoms with E-state index in [1.807, 2.05) is 0 Å². The maximum atomic E-state index is 12.4. The molecule has 5 heterocycles. The van der Waals surface area contributed by atoms with Crippen LogP contribution in [0.1, 0.15) is 10.5 Å². The second kappa shape index (κ2) is 8.43. The van der Waals surface area contributed by atoms with Crippen molar-refractivity contribution >= 4 is 52.3 Å². The van der Waals surface area contributed by atoms with Gasteiger partial charge in [0, 0.05) is 46.0 Å². The molecule has 0 aliphatic carbocycles. The van der Waals surface area contributed by atoms with Crippen LogP contribution < -0.4 is 15.0 Å². The van der Waals surface area contributed by atoms with Crippen molar-refractivity contribution in [2.45, 2.75) is 6.54 Å². The molecule has 2 N–H and O–H groups in total. The number of pyridine rings is 2. The number of nitrogens with one attached hydrogen (secondary N) is 1. The first-order chi connectivity index (χ1) is 16.7. The number of carbonyl (C=O) groups is 2. The number of carboxylic acid groups (broad SMARTS) is 1. The van der Waals surface area contributed by atoms with E-state index in [0.717, 1.165) is 4.90 Å². The minimum absolute atomic E-state index is 0.0953. The first-order valence-electron chi connectivity index (χ1n) is 10.4. The lowest BCUT2D eigenvalue weighted by atomic mass is 10.3. The van der Waals surface area contributed by atoms with Crippen molar-refractivity contribution < 1.29 is 19.4 Å². The van der Waals surface area contributed by atoms with Crippen molar-refractivity contribution in [3.8, 4) is 11.5 Å². The number of likely N-dealkylation sites (N-methyl/N-ethyl adjacent to an activating group) is 1. The molecule has 180 valence electrons. The highest BCUT2D eigenvalue weighted by Crippen LogP contribution is 2.36. The molecule has 4 aromatic rings. The van der Waals surface area contributed by atoms with Gasteiger partial charge in [-0.2, -0.15) is 10.1 Å². The number of halogens is 1. The number of hydrogen-bond donors (Lipinski definition) is 2. The van der Waals surface area contributed by atoms with E-state index in [0.29, 0.717) is 47.5 Å². The van der Waals surface area contributed by atoms with Gasteiger partial charge < -0.3 is 24.6 Å². The Labute approximate surface area is 203 Å². The maximum Gasteiger partial charge on any atom is 0.412 e. The predicted molar refractivity (Wildman–Crippen MR) is 127 cm³/mol. The van der Waals surface area contributed by atoms with E-state index in [1.54, 1.807) is 40.4 Å². The van der Waals surface area contributed by atoms with Gasteiger partial charge in [0.2, 0.25) is 5.95 Å². The highest BCUT2D eigenvalue weighted by molar-refractivity contribution is 6.36. The molecule has 0 saturated heterocycles. The smallest absolute Gasteiger partial charge is 0.412 e. The molecule has 0 unspecified atom stereocenters. The number of fused-ring (bicyclic) bond motifs is 2. The van der Waals surface area contributed by atoms with Gasteiger partial charge in [0.25, 0.3) is 5.91 Å². The van der Waals surface area contributed by atoms with E-state index in [9.17, 15) is 9.59 Å². The van der Waals surface area contributed by atoms with E-state index in [-0.39, 0.29) is 22.5 Å². The summed E-state index contributed by atoms with van der Waals surface area (Å²) in [5.41, 5.74) is 1.40. The number of imidazole rings is 1. The van der Waals surface area contributed by atoms with Gasteiger partial charge in [-0.25, -0.2) is 14.8 Å². The Bertz CT molecular complexity index is 1480. The molecule has 0 fully saturated rings. The number of carbonyl (C=O) groups excluding carboxylic acids is 1. The Kier molecular flexibility index (Phi) is 5.40. The summed E-state index contributed by atoms with van der Waals surface area (Å²) in [5, 5.41) is 17.0. The lowest BCUT2D eigenvalue weighted by molar-refractivity contribution is 0.0743. The fourth-order valence-corrected chi connectivity index (χ4v) is 3.94. The summed E-state index contributed by atoms with van der Waals surface area (Å²) in [6, 6.07) is 4.73. The van der Waals surface area contributed by atoms with Crippen molar-refractivity contribution in [2.24, 2.45) is 7.05 Å². The Morgan fingerprint density at radius 3 is 2.83 bits per heavy atom. The zero-order valence-corrected chi connectivity index (χ0v) is 19.7. The van der Waals surface area contributed by atoms with Crippen LogP contribution in [0.15, 0.2) is 30.6 Å². The number of aryl methyl sites for hydroxylation is 1. The van der Waals surface area contributed by atoms with Gasteiger partial charge in [-0.1, -0.05) is 11.6 Å². The van der Waals surface area contributed by atoms with Crippen molar-refractivity contribution in [3.63, 3.8) is 0 Å². The van der Waals surface area contributed by atoms with E-state index in [2.05, 4.69) is 25.4 Å². The molecule has 35 heavy (non-hydrogen) atoms. The van der Waals surface area contributed by atoms with Crippen LogP contribution in [0.5, 0.6) is 11.5 Å². The van der Waals surface area contributed by atoms with Crippen LogP contribution in [0.25, 0.3) is 11.2 Å². The molecule has 1 aliphatic heterocycles. The average Bonchev–Trinajstić information content (AvgIpc) is 3.39. The summed E-state index contributed by atoms with van der Waals surface area (Å²) in [5.74, 6) is 1.60. The van der Waals surface area contributed by atoms with Crippen LogP contribution in [-0.4, -0.2) is 71.9 Å². The summed E-state index contributed by atoms with van der Waals surface area (Å²) < 4.78 is 9.24. The molecule has 0 radical (unpaired) electrons. The van der Waals surface area contributed by atoms with Crippen molar-refractivity contribution in [1.82, 2.24) is 34.2 Å². The Balaban J connectivity index is 1.44. The highest BCUT2D eigenvalue weighted by atomic mass is 35.5. The fourth-order valence-electron chi connectivity index (χ4n) is 3.64. The molecule has 5 rings (SSSR count). The number of nitrogens with zero attached hydrogens (tertiary/aromatic N) is 8. The molecule has 0 spiro atoms. The van der Waals surface area contributed by atoms with E-state index < -0.39 is 6.09 Å². The van der Waals surface area contributed by atoms with Gasteiger partial charge >= 0.3 is 6.09 Å². The van der Waals surface area contributed by atoms with E-state index in [4.69, 9.17) is 21.4 Å². The normalized spacial score (nSPS) is 13.1. The zero-order chi connectivity index (χ0) is 24.9. The molecule has 0 atom stereocenters. The average molecular weight is 498 g/mol. The van der Waals surface area contributed by atoms with Crippen LogP contribution in [-0.2, 0) is 13.6 Å². The number of ether oxygens (including phenoxy) is 1. The zero-order valence-electron chi connectivity index (χ0n) is 18.9. The van der Waals surface area contributed by atoms with Crippen LogP contribution in [0.3, 0.4) is 0 Å². The molecule has 0 bridgehead atoms.